The number of carbonyl (C=O) groups excluding carboxylic acids is 1. The topological polar surface area (TPSA) is 84.5 Å². The number of hydrogen-bond donors (Lipinski definition) is 2. The number of carbonyl (C=O) groups is 1. The lowest BCUT2D eigenvalue weighted by Gasteiger charge is -2.14. The summed E-state index contributed by atoms with van der Waals surface area (Å²) in [6.45, 7) is 2.14. The fourth-order valence-corrected chi connectivity index (χ4v) is 4.37. The summed E-state index contributed by atoms with van der Waals surface area (Å²) in [6, 6.07) is 21.2. The summed E-state index contributed by atoms with van der Waals surface area (Å²) in [5.74, 6) is 0.0909. The molecular formula is C23H24N2O4S. The predicted octanol–water partition coefficient (Wildman–Crippen LogP) is 3.78. The first-order chi connectivity index (χ1) is 14.4. The number of aryl methyl sites for hydroxylation is 1. The average molecular weight is 425 g/mol. The van der Waals surface area contributed by atoms with E-state index in [1.807, 2.05) is 30.3 Å². The van der Waals surface area contributed by atoms with Crippen LogP contribution in [0.1, 0.15) is 21.5 Å². The molecule has 30 heavy (non-hydrogen) atoms. The Morgan fingerprint density at radius 3 is 2.40 bits per heavy atom. The smallest absolute Gasteiger partial charge is 0.262 e. The normalized spacial score (nSPS) is 11.0. The summed E-state index contributed by atoms with van der Waals surface area (Å²) in [5, 5.41) is 2.84. The molecule has 0 aliphatic carbocycles. The third kappa shape index (κ3) is 5.18. The molecule has 6 nitrogen and oxygen atoms in total. The van der Waals surface area contributed by atoms with E-state index < -0.39 is 10.0 Å². The molecule has 0 radical (unpaired) electrons. The minimum absolute atomic E-state index is 0.0455. The molecule has 0 fully saturated rings. The van der Waals surface area contributed by atoms with Crippen molar-refractivity contribution in [2.45, 2.75) is 18.2 Å². The van der Waals surface area contributed by atoms with Crippen LogP contribution >= 0.6 is 0 Å². The van der Waals surface area contributed by atoms with Crippen LogP contribution in [0.15, 0.2) is 77.7 Å². The zero-order valence-electron chi connectivity index (χ0n) is 16.9. The molecule has 0 atom stereocenters. The lowest BCUT2D eigenvalue weighted by molar-refractivity contribution is 0.0954. The molecule has 0 saturated carbocycles. The molecule has 0 spiro atoms. The molecule has 3 aromatic rings. The quantitative estimate of drug-likeness (QED) is 0.576. The van der Waals surface area contributed by atoms with Crippen LogP contribution in [0.25, 0.3) is 0 Å². The second kappa shape index (κ2) is 9.45. The van der Waals surface area contributed by atoms with Crippen LogP contribution in [0, 0.1) is 6.92 Å². The van der Waals surface area contributed by atoms with Crippen molar-refractivity contribution in [3.8, 4) is 5.75 Å². The van der Waals surface area contributed by atoms with Crippen LogP contribution in [0.3, 0.4) is 0 Å². The van der Waals surface area contributed by atoms with Crippen LogP contribution in [0.4, 0.5) is 5.69 Å². The molecule has 0 unspecified atom stereocenters. The fourth-order valence-electron chi connectivity index (χ4n) is 3.03. The highest BCUT2D eigenvalue weighted by Gasteiger charge is 2.20. The number of anilines is 1. The van der Waals surface area contributed by atoms with Crippen molar-refractivity contribution in [3.63, 3.8) is 0 Å². The van der Waals surface area contributed by atoms with E-state index in [1.165, 1.54) is 13.2 Å². The molecule has 7 heteroatoms. The van der Waals surface area contributed by atoms with Gasteiger partial charge in [-0.3, -0.25) is 9.52 Å². The lowest BCUT2D eigenvalue weighted by atomic mass is 10.1. The molecule has 0 saturated heterocycles. The van der Waals surface area contributed by atoms with Crippen molar-refractivity contribution in [1.82, 2.24) is 5.32 Å². The summed E-state index contributed by atoms with van der Waals surface area (Å²) in [7, 11) is -2.44. The predicted molar refractivity (Wildman–Crippen MR) is 117 cm³/mol. The number of rotatable bonds is 8. The maximum absolute atomic E-state index is 13.0. The molecule has 156 valence electrons. The van der Waals surface area contributed by atoms with Crippen molar-refractivity contribution in [2.24, 2.45) is 0 Å². The third-order valence-electron chi connectivity index (χ3n) is 4.63. The zero-order chi connectivity index (χ0) is 21.6. The molecule has 1 amide bonds. The van der Waals surface area contributed by atoms with Crippen molar-refractivity contribution in [1.29, 1.82) is 0 Å². The Kier molecular flexibility index (Phi) is 6.74. The van der Waals surface area contributed by atoms with Gasteiger partial charge in [-0.2, -0.15) is 0 Å². The van der Waals surface area contributed by atoms with Gasteiger partial charge in [0.2, 0.25) is 0 Å². The Morgan fingerprint density at radius 1 is 0.967 bits per heavy atom. The highest BCUT2D eigenvalue weighted by molar-refractivity contribution is 7.92. The van der Waals surface area contributed by atoms with Gasteiger partial charge < -0.3 is 10.1 Å². The van der Waals surface area contributed by atoms with Gasteiger partial charge in [0.15, 0.2) is 0 Å². The first-order valence-electron chi connectivity index (χ1n) is 9.49. The molecule has 0 bridgehead atoms. The van der Waals surface area contributed by atoms with E-state index in [-0.39, 0.29) is 16.4 Å². The van der Waals surface area contributed by atoms with Crippen LogP contribution < -0.4 is 14.8 Å². The van der Waals surface area contributed by atoms with Crippen LogP contribution in [-0.2, 0) is 16.4 Å². The number of ether oxygens (including phenoxy) is 1. The number of sulfonamides is 1. The van der Waals surface area contributed by atoms with Crippen LogP contribution in [0.5, 0.6) is 5.75 Å². The minimum atomic E-state index is -3.91. The molecule has 0 aliphatic rings. The van der Waals surface area contributed by atoms with Gasteiger partial charge in [0.25, 0.3) is 15.9 Å². The zero-order valence-corrected chi connectivity index (χ0v) is 17.7. The number of para-hydroxylation sites is 2. The fraction of sp³-hybridized carbons (Fsp3) is 0.174. The number of nitrogens with one attached hydrogen (secondary N) is 2. The number of benzene rings is 3. The highest BCUT2D eigenvalue weighted by Crippen LogP contribution is 2.27. The third-order valence-corrected chi connectivity index (χ3v) is 6.14. The van der Waals surface area contributed by atoms with Crippen LogP contribution in [-0.4, -0.2) is 28.0 Å². The Balaban J connectivity index is 1.76. The summed E-state index contributed by atoms with van der Waals surface area (Å²) < 4.78 is 33.7. The largest absolute Gasteiger partial charge is 0.495 e. The minimum Gasteiger partial charge on any atom is -0.495 e. The summed E-state index contributed by atoms with van der Waals surface area (Å²) in [4.78, 5) is 12.6. The van der Waals surface area contributed by atoms with E-state index in [0.717, 1.165) is 5.56 Å². The van der Waals surface area contributed by atoms with Gasteiger partial charge in [0, 0.05) is 12.1 Å². The Bertz CT molecular complexity index is 1130. The monoisotopic (exact) mass is 424 g/mol. The summed E-state index contributed by atoms with van der Waals surface area (Å²) in [5.41, 5.74) is 2.27. The second-order valence-corrected chi connectivity index (χ2v) is 8.43. The molecular weight excluding hydrogens is 400 g/mol. The van der Waals surface area contributed by atoms with Crippen molar-refractivity contribution >= 4 is 21.6 Å². The Hall–Kier alpha value is -3.32. The van der Waals surface area contributed by atoms with Crippen molar-refractivity contribution in [3.05, 3.63) is 89.5 Å². The van der Waals surface area contributed by atoms with Crippen molar-refractivity contribution < 1.29 is 17.9 Å². The molecule has 0 aliphatic heterocycles. The van der Waals surface area contributed by atoms with Gasteiger partial charge in [0.1, 0.15) is 5.75 Å². The number of amides is 1. The van der Waals surface area contributed by atoms with Gasteiger partial charge in [-0.05, 0) is 48.7 Å². The first-order valence-corrected chi connectivity index (χ1v) is 11.0. The molecule has 3 aromatic carbocycles. The van der Waals surface area contributed by atoms with E-state index in [4.69, 9.17) is 4.74 Å². The lowest BCUT2D eigenvalue weighted by Crippen LogP contribution is -2.26. The van der Waals surface area contributed by atoms with E-state index in [1.54, 1.807) is 43.3 Å². The molecule has 0 heterocycles. The standard InChI is InChI=1S/C23H24N2O4S/c1-17-12-13-19(23(26)24-15-14-18-8-4-3-5-9-18)16-22(17)30(27,28)25-20-10-6-7-11-21(20)29-2/h3-13,16,25H,14-15H2,1-2H3,(H,24,26). The van der Waals surface area contributed by atoms with E-state index in [0.29, 0.717) is 30.0 Å². The van der Waals surface area contributed by atoms with E-state index >= 15 is 0 Å². The maximum Gasteiger partial charge on any atom is 0.262 e. The Morgan fingerprint density at radius 2 is 1.67 bits per heavy atom. The number of methoxy groups -OCH3 is 1. The van der Waals surface area contributed by atoms with E-state index in [9.17, 15) is 13.2 Å². The van der Waals surface area contributed by atoms with Gasteiger partial charge in [-0.1, -0.05) is 48.5 Å². The van der Waals surface area contributed by atoms with Gasteiger partial charge in [0.05, 0.1) is 17.7 Å². The maximum atomic E-state index is 13.0. The van der Waals surface area contributed by atoms with Crippen molar-refractivity contribution in [2.75, 3.05) is 18.4 Å². The summed E-state index contributed by atoms with van der Waals surface area (Å²) in [6.07, 6.45) is 0.693. The molecule has 3 rings (SSSR count). The first kappa shape index (κ1) is 21.4. The van der Waals surface area contributed by atoms with Gasteiger partial charge in [-0.25, -0.2) is 8.42 Å². The average Bonchev–Trinajstić information content (AvgIpc) is 2.74. The van der Waals surface area contributed by atoms with Gasteiger partial charge >= 0.3 is 0 Å². The van der Waals surface area contributed by atoms with Crippen LogP contribution in [0.2, 0.25) is 0 Å². The van der Waals surface area contributed by atoms with E-state index in [2.05, 4.69) is 10.0 Å². The second-order valence-electron chi connectivity index (χ2n) is 6.78. The SMILES string of the molecule is COc1ccccc1NS(=O)(=O)c1cc(C(=O)NCCc2ccccc2)ccc1C. The molecule has 0 aromatic heterocycles. The van der Waals surface area contributed by atoms with Gasteiger partial charge in [-0.15, -0.1) is 0 Å². The highest BCUT2D eigenvalue weighted by atomic mass is 32.2. The molecule has 2 N–H and O–H groups in total. The number of hydrogen-bond acceptors (Lipinski definition) is 4. The summed E-state index contributed by atoms with van der Waals surface area (Å²) >= 11 is 0. The Labute approximate surface area is 177 Å².